The van der Waals surface area contributed by atoms with E-state index in [4.69, 9.17) is 4.84 Å². The van der Waals surface area contributed by atoms with Crippen molar-refractivity contribution in [3.05, 3.63) is 59.7 Å². The van der Waals surface area contributed by atoms with Crippen molar-refractivity contribution in [1.29, 1.82) is 0 Å². The quantitative estimate of drug-likeness (QED) is 0.100. The van der Waals surface area contributed by atoms with Gasteiger partial charge in [0.15, 0.2) is 5.78 Å². The van der Waals surface area contributed by atoms with Gasteiger partial charge in [-0.1, -0.05) is 106 Å². The van der Waals surface area contributed by atoms with Crippen LogP contribution in [0.4, 0.5) is 0 Å². The Morgan fingerprint density at radius 1 is 0.688 bits per heavy atom. The van der Waals surface area contributed by atoms with Crippen molar-refractivity contribution < 1.29 is 14.4 Å². The molecule has 32 heavy (non-hydrogen) atoms. The Bertz CT molecular complexity index is 867. The van der Waals surface area contributed by atoms with Gasteiger partial charge >= 0.3 is 5.97 Å². The van der Waals surface area contributed by atoms with Gasteiger partial charge in [0.25, 0.3) is 0 Å². The molecule has 2 rings (SSSR count). The second-order valence-electron chi connectivity index (χ2n) is 8.32. The molecule has 4 nitrogen and oxygen atoms in total. The molecule has 2 aromatic rings. The first kappa shape index (κ1) is 25.5. The number of rotatable bonds is 14. The highest BCUT2D eigenvalue weighted by Gasteiger charge is 2.09. The van der Waals surface area contributed by atoms with E-state index in [0.29, 0.717) is 6.42 Å². The van der Waals surface area contributed by atoms with E-state index in [1.807, 2.05) is 48.5 Å². The molecular weight excluding hydrogens is 398 g/mol. The number of Topliss-reactive ketones (excluding diaryl/α,β-unsaturated/α-hetero) is 1. The zero-order valence-corrected chi connectivity index (χ0v) is 19.9. The number of hydrogen-bond acceptors (Lipinski definition) is 4. The molecule has 0 radical (unpaired) electrons. The topological polar surface area (TPSA) is 55.7 Å². The van der Waals surface area contributed by atoms with Crippen LogP contribution in [0.15, 0.2) is 53.7 Å². The summed E-state index contributed by atoms with van der Waals surface area (Å²) in [7, 11) is 0. The van der Waals surface area contributed by atoms with Crippen molar-refractivity contribution in [1.82, 2.24) is 0 Å². The molecule has 0 aliphatic heterocycles. The molecule has 0 aliphatic rings. The van der Waals surface area contributed by atoms with Gasteiger partial charge in [-0.2, -0.15) is 0 Å². The minimum absolute atomic E-state index is 0.220. The first-order chi connectivity index (χ1) is 15.5. The lowest BCUT2D eigenvalue weighted by Gasteiger charge is -2.08. The second-order valence-corrected chi connectivity index (χ2v) is 8.32. The van der Waals surface area contributed by atoms with Crippen molar-refractivity contribution in [3.63, 3.8) is 0 Å². The van der Waals surface area contributed by atoms with Crippen molar-refractivity contribution in [2.75, 3.05) is 0 Å². The summed E-state index contributed by atoms with van der Waals surface area (Å²) in [5.41, 5.74) is 4.69. The molecule has 0 fully saturated rings. The average molecular weight is 436 g/mol. The van der Waals surface area contributed by atoms with Crippen LogP contribution >= 0.6 is 0 Å². The maximum Gasteiger partial charge on any atom is 0.331 e. The van der Waals surface area contributed by atoms with Gasteiger partial charge in [-0.15, -0.1) is 0 Å². The molecule has 0 aromatic heterocycles. The first-order valence-electron chi connectivity index (χ1n) is 12.0. The highest BCUT2D eigenvalue weighted by atomic mass is 16.7. The van der Waals surface area contributed by atoms with E-state index in [9.17, 15) is 9.59 Å². The second kappa shape index (κ2) is 14.3. The summed E-state index contributed by atoms with van der Waals surface area (Å²) in [6.07, 6.45) is 10.4. The van der Waals surface area contributed by atoms with Gasteiger partial charge < -0.3 is 4.84 Å². The average Bonchev–Trinajstić information content (AvgIpc) is 2.81. The zero-order valence-electron chi connectivity index (χ0n) is 19.9. The van der Waals surface area contributed by atoms with Gasteiger partial charge in [0.2, 0.25) is 0 Å². The molecule has 0 N–H and O–H groups in total. The smallest absolute Gasteiger partial charge is 0.318 e. The number of carbonyl (C=O) groups is 2. The van der Waals surface area contributed by atoms with Crippen molar-refractivity contribution in [2.45, 2.75) is 85.0 Å². The number of hydrogen-bond donors (Lipinski definition) is 0. The Labute approximate surface area is 193 Å². The Hall–Kier alpha value is -2.75. The predicted octanol–water partition coefficient (Wildman–Crippen LogP) is 7.74. The Kier molecular flexibility index (Phi) is 11.4. The van der Waals surface area contributed by atoms with Crippen LogP contribution in [0.1, 0.15) is 101 Å². The van der Waals surface area contributed by atoms with E-state index in [-0.39, 0.29) is 5.78 Å². The minimum atomic E-state index is -0.410. The first-order valence-corrected chi connectivity index (χ1v) is 12.0. The lowest BCUT2D eigenvalue weighted by atomic mass is 9.97. The molecule has 0 amide bonds. The highest BCUT2D eigenvalue weighted by Crippen LogP contribution is 2.22. The Balaban J connectivity index is 2.04. The molecule has 0 bridgehead atoms. The fourth-order valence-corrected chi connectivity index (χ4v) is 3.64. The molecule has 2 aromatic carbocycles. The lowest BCUT2D eigenvalue weighted by Crippen LogP contribution is -2.04. The summed E-state index contributed by atoms with van der Waals surface area (Å²) in [5.74, 6) is -0.190. The number of benzene rings is 2. The van der Waals surface area contributed by atoms with Gasteiger partial charge in [0.1, 0.15) is 0 Å². The molecule has 0 spiro atoms. The highest BCUT2D eigenvalue weighted by molar-refractivity contribution is 6.01. The zero-order chi connectivity index (χ0) is 23.2. The largest absolute Gasteiger partial charge is 0.331 e. The van der Waals surface area contributed by atoms with Gasteiger partial charge in [0, 0.05) is 18.9 Å². The van der Waals surface area contributed by atoms with Crippen LogP contribution in [0, 0.1) is 0 Å². The standard InChI is InChI=1S/C28H37NO3/c1-4-6-8-10-12-27(29-32-22(3)30)25-18-14-23(15-19-25)24-16-20-26(21-17-24)28(31)13-11-9-7-5-2/h14-21H,4-13H2,1-3H3. The van der Waals surface area contributed by atoms with E-state index < -0.39 is 5.97 Å². The minimum Gasteiger partial charge on any atom is -0.318 e. The summed E-state index contributed by atoms with van der Waals surface area (Å²) in [6, 6.07) is 16.0. The number of carbonyl (C=O) groups excluding carboxylic acids is 2. The van der Waals surface area contributed by atoms with E-state index >= 15 is 0 Å². The van der Waals surface area contributed by atoms with E-state index in [2.05, 4.69) is 19.0 Å². The van der Waals surface area contributed by atoms with Crippen LogP contribution in [-0.2, 0) is 9.63 Å². The number of unbranched alkanes of at least 4 members (excludes halogenated alkanes) is 6. The maximum absolute atomic E-state index is 12.4. The van der Waals surface area contributed by atoms with Gasteiger partial charge in [-0.3, -0.25) is 4.79 Å². The monoisotopic (exact) mass is 435 g/mol. The summed E-state index contributed by atoms with van der Waals surface area (Å²) in [6.45, 7) is 5.72. The molecular formula is C28H37NO3. The third-order valence-electron chi connectivity index (χ3n) is 5.57. The SMILES string of the molecule is CCCCCCC(=O)c1ccc(-c2ccc(C(CCCCCC)=NOC(C)=O)cc2)cc1. The summed E-state index contributed by atoms with van der Waals surface area (Å²) < 4.78 is 0. The number of nitrogens with zero attached hydrogens (tertiary/aromatic N) is 1. The van der Waals surface area contributed by atoms with Crippen LogP contribution in [0.5, 0.6) is 0 Å². The summed E-state index contributed by atoms with van der Waals surface area (Å²) >= 11 is 0. The number of oxime groups is 1. The van der Waals surface area contributed by atoms with Crippen LogP contribution in [0.25, 0.3) is 11.1 Å². The molecule has 0 heterocycles. The lowest BCUT2D eigenvalue weighted by molar-refractivity contribution is -0.140. The van der Waals surface area contributed by atoms with E-state index in [0.717, 1.165) is 60.1 Å². The van der Waals surface area contributed by atoms with Crippen molar-refractivity contribution >= 4 is 17.5 Å². The van der Waals surface area contributed by atoms with Crippen LogP contribution < -0.4 is 0 Å². The number of ketones is 1. The van der Waals surface area contributed by atoms with E-state index in [1.54, 1.807) is 0 Å². The third kappa shape index (κ3) is 8.78. The molecule has 0 aliphatic carbocycles. The fourth-order valence-electron chi connectivity index (χ4n) is 3.64. The Morgan fingerprint density at radius 2 is 1.19 bits per heavy atom. The molecule has 4 heteroatoms. The van der Waals surface area contributed by atoms with Crippen LogP contribution in [0.3, 0.4) is 0 Å². The molecule has 0 saturated carbocycles. The van der Waals surface area contributed by atoms with Crippen molar-refractivity contribution in [2.24, 2.45) is 5.16 Å². The normalized spacial score (nSPS) is 11.4. The third-order valence-corrected chi connectivity index (χ3v) is 5.57. The molecule has 0 unspecified atom stereocenters. The van der Waals surface area contributed by atoms with Gasteiger partial charge in [-0.05, 0) is 36.0 Å². The van der Waals surface area contributed by atoms with Gasteiger partial charge in [-0.25, -0.2) is 4.79 Å². The fraction of sp³-hybridized carbons (Fsp3) is 0.464. The van der Waals surface area contributed by atoms with Crippen LogP contribution in [-0.4, -0.2) is 17.5 Å². The van der Waals surface area contributed by atoms with Crippen molar-refractivity contribution in [3.8, 4) is 11.1 Å². The molecule has 0 atom stereocenters. The molecule has 0 saturated heterocycles. The van der Waals surface area contributed by atoms with E-state index in [1.165, 1.54) is 32.6 Å². The summed E-state index contributed by atoms with van der Waals surface area (Å²) in [5, 5.41) is 4.09. The summed E-state index contributed by atoms with van der Waals surface area (Å²) in [4.78, 5) is 28.5. The van der Waals surface area contributed by atoms with Crippen LogP contribution in [0.2, 0.25) is 0 Å². The van der Waals surface area contributed by atoms with Gasteiger partial charge in [0.05, 0.1) is 5.71 Å². The maximum atomic E-state index is 12.4. The predicted molar refractivity (Wildman–Crippen MR) is 132 cm³/mol. The Morgan fingerprint density at radius 3 is 1.69 bits per heavy atom. The molecule has 172 valence electrons.